The molecule has 1 aliphatic heterocycles. The van der Waals surface area contributed by atoms with Crippen LogP contribution in [0.15, 0.2) is 61.2 Å². The van der Waals surface area contributed by atoms with Crippen LogP contribution in [0.5, 0.6) is 0 Å². The summed E-state index contributed by atoms with van der Waals surface area (Å²) in [6.07, 6.45) is 12.3. The van der Waals surface area contributed by atoms with Gasteiger partial charge in [-0.25, -0.2) is 4.98 Å². The van der Waals surface area contributed by atoms with Crippen molar-refractivity contribution in [3.8, 4) is 16.9 Å². The molecule has 0 spiro atoms. The van der Waals surface area contributed by atoms with Crippen molar-refractivity contribution in [2.24, 2.45) is 5.92 Å². The minimum atomic E-state index is -0.258. The number of amides is 1. The second-order valence-corrected chi connectivity index (χ2v) is 10.6. The Morgan fingerprint density at radius 1 is 0.974 bits per heavy atom. The number of aliphatic hydroxyl groups is 1. The minimum absolute atomic E-state index is 0.0828. The summed E-state index contributed by atoms with van der Waals surface area (Å²) >= 11 is 0. The molecule has 6 rings (SSSR count). The number of anilines is 1. The molecule has 2 aliphatic rings. The minimum Gasteiger partial charge on any atom is -0.393 e. The lowest BCUT2D eigenvalue weighted by Gasteiger charge is -2.35. The van der Waals surface area contributed by atoms with Crippen LogP contribution >= 0.6 is 0 Å². The number of rotatable bonds is 5. The molecule has 196 valence electrons. The first kappa shape index (κ1) is 24.6. The largest absolute Gasteiger partial charge is 0.393 e. The molecule has 4 heterocycles. The highest BCUT2D eigenvalue weighted by atomic mass is 16.3. The third kappa shape index (κ3) is 4.88. The first-order valence-corrected chi connectivity index (χ1v) is 13.6. The number of pyridine rings is 1. The molecule has 0 bridgehead atoms. The number of aliphatic hydroxyl groups excluding tert-OH is 1. The maximum atomic E-state index is 12.9. The first-order valence-electron chi connectivity index (χ1n) is 13.6. The number of carbonyl (C=O) groups excluding carboxylic acids is 1. The molecule has 1 aliphatic carbocycles. The quantitative estimate of drug-likeness (QED) is 0.402. The van der Waals surface area contributed by atoms with Crippen LogP contribution in [0, 0.1) is 12.8 Å². The number of likely N-dealkylation sites (tertiary alicyclic amines) is 1. The summed E-state index contributed by atoms with van der Waals surface area (Å²) in [6.45, 7) is 3.46. The standard InChI is InChI=1S/C30H34N6O2/c1-20-9-14-31-19-26(20)24-3-2-4-27-25(24)13-18-36(27)28-10-15-32-30(34-28)33-22-7-5-21(6-8-22)29(38)35-16-11-23(37)12-17-35/h2-4,9-10,13-15,18-19,21-23,37H,5-8,11-12,16-17H2,1H3,(H,32,33,34)/t21-,22-. The molecular formula is C30H34N6O2. The third-order valence-corrected chi connectivity index (χ3v) is 8.14. The van der Waals surface area contributed by atoms with Gasteiger partial charge in [-0.3, -0.25) is 9.78 Å². The van der Waals surface area contributed by atoms with Crippen molar-refractivity contribution in [2.75, 3.05) is 18.4 Å². The fraction of sp³-hybridized carbons (Fsp3) is 0.400. The topological polar surface area (TPSA) is 96.2 Å². The van der Waals surface area contributed by atoms with E-state index in [-0.39, 0.29) is 24.0 Å². The number of benzene rings is 1. The summed E-state index contributed by atoms with van der Waals surface area (Å²) in [5.41, 5.74) is 4.57. The van der Waals surface area contributed by atoms with E-state index in [1.165, 1.54) is 5.56 Å². The SMILES string of the molecule is Cc1ccncc1-c1cccc2c1ccn2-c1ccnc(N[C@H]2CC[C@H](C(=O)N3CCC(O)CC3)CC2)n1. The zero-order valence-corrected chi connectivity index (χ0v) is 21.8. The van der Waals surface area contributed by atoms with Crippen molar-refractivity contribution >= 4 is 22.8 Å². The summed E-state index contributed by atoms with van der Waals surface area (Å²) in [6, 6.07) is 12.7. The normalized spacial score (nSPS) is 20.5. The average Bonchev–Trinajstić information content (AvgIpc) is 3.39. The zero-order valence-electron chi connectivity index (χ0n) is 21.8. The van der Waals surface area contributed by atoms with Gasteiger partial charge in [0, 0.05) is 60.8 Å². The van der Waals surface area contributed by atoms with Crippen molar-refractivity contribution in [3.63, 3.8) is 0 Å². The van der Waals surface area contributed by atoms with Gasteiger partial charge in [-0.05, 0) is 80.8 Å². The van der Waals surface area contributed by atoms with Crippen LogP contribution < -0.4 is 5.32 Å². The summed E-state index contributed by atoms with van der Waals surface area (Å²) in [5.74, 6) is 1.77. The monoisotopic (exact) mass is 510 g/mol. The summed E-state index contributed by atoms with van der Waals surface area (Å²) in [7, 11) is 0. The second-order valence-electron chi connectivity index (χ2n) is 10.6. The van der Waals surface area contributed by atoms with E-state index in [0.717, 1.165) is 53.5 Å². The van der Waals surface area contributed by atoms with Gasteiger partial charge in [-0.15, -0.1) is 0 Å². The molecule has 1 saturated carbocycles. The molecule has 2 N–H and O–H groups in total. The maximum absolute atomic E-state index is 12.9. The number of fused-ring (bicyclic) bond motifs is 1. The maximum Gasteiger partial charge on any atom is 0.225 e. The van der Waals surface area contributed by atoms with Crippen molar-refractivity contribution in [1.82, 2.24) is 24.4 Å². The number of hydrogen-bond donors (Lipinski definition) is 2. The molecule has 8 heteroatoms. The molecule has 0 radical (unpaired) electrons. The van der Waals surface area contributed by atoms with Gasteiger partial charge < -0.3 is 19.9 Å². The van der Waals surface area contributed by atoms with Crippen molar-refractivity contribution in [1.29, 1.82) is 0 Å². The number of aryl methyl sites for hydroxylation is 1. The van der Waals surface area contributed by atoms with E-state index >= 15 is 0 Å². The molecule has 2 fully saturated rings. The van der Waals surface area contributed by atoms with Crippen LogP contribution in [0.1, 0.15) is 44.1 Å². The second kappa shape index (κ2) is 10.5. The lowest BCUT2D eigenvalue weighted by atomic mass is 9.85. The van der Waals surface area contributed by atoms with Gasteiger partial charge in [-0.1, -0.05) is 12.1 Å². The van der Waals surface area contributed by atoms with Crippen LogP contribution in [0.3, 0.4) is 0 Å². The van der Waals surface area contributed by atoms with Gasteiger partial charge in [0.1, 0.15) is 5.82 Å². The van der Waals surface area contributed by atoms with Gasteiger partial charge >= 0.3 is 0 Å². The number of nitrogens with one attached hydrogen (secondary N) is 1. The number of nitrogens with zero attached hydrogens (tertiary/aromatic N) is 5. The van der Waals surface area contributed by atoms with Crippen LogP contribution in [0.2, 0.25) is 0 Å². The first-order chi connectivity index (χ1) is 18.6. The summed E-state index contributed by atoms with van der Waals surface area (Å²) in [5, 5.41) is 14.4. The van der Waals surface area contributed by atoms with Gasteiger partial charge in [0.15, 0.2) is 0 Å². The van der Waals surface area contributed by atoms with Crippen LogP contribution in [0.4, 0.5) is 5.95 Å². The Morgan fingerprint density at radius 2 is 1.79 bits per heavy atom. The number of piperidine rings is 1. The summed E-state index contributed by atoms with van der Waals surface area (Å²) in [4.78, 5) is 28.5. The van der Waals surface area contributed by atoms with E-state index in [2.05, 4.69) is 57.2 Å². The highest BCUT2D eigenvalue weighted by Gasteiger charge is 2.31. The molecule has 1 saturated heterocycles. The molecule has 0 unspecified atom stereocenters. The van der Waals surface area contributed by atoms with Gasteiger partial charge in [0.25, 0.3) is 0 Å². The molecule has 3 aromatic heterocycles. The molecule has 4 aromatic rings. The average molecular weight is 511 g/mol. The predicted octanol–water partition coefficient (Wildman–Crippen LogP) is 4.74. The van der Waals surface area contributed by atoms with E-state index in [1.54, 1.807) is 6.20 Å². The summed E-state index contributed by atoms with van der Waals surface area (Å²) < 4.78 is 2.10. The smallest absolute Gasteiger partial charge is 0.225 e. The molecule has 8 nitrogen and oxygen atoms in total. The highest BCUT2D eigenvalue weighted by molar-refractivity contribution is 5.96. The van der Waals surface area contributed by atoms with Crippen LogP contribution in [-0.4, -0.2) is 60.7 Å². The Bertz CT molecular complexity index is 1430. The molecular weight excluding hydrogens is 476 g/mol. The molecule has 0 atom stereocenters. The molecule has 1 amide bonds. The molecule has 38 heavy (non-hydrogen) atoms. The van der Waals surface area contributed by atoms with E-state index in [1.807, 2.05) is 29.4 Å². The van der Waals surface area contributed by atoms with Crippen molar-refractivity contribution in [3.05, 3.63) is 66.7 Å². The Hall–Kier alpha value is -3.78. The Kier molecular flexibility index (Phi) is 6.81. The van der Waals surface area contributed by atoms with Gasteiger partial charge in [0.2, 0.25) is 11.9 Å². The number of hydrogen-bond acceptors (Lipinski definition) is 6. The van der Waals surface area contributed by atoms with Crippen molar-refractivity contribution in [2.45, 2.75) is 57.6 Å². The molecule has 1 aromatic carbocycles. The van der Waals surface area contributed by atoms with E-state index in [4.69, 9.17) is 4.98 Å². The lowest BCUT2D eigenvalue weighted by molar-refractivity contribution is -0.138. The van der Waals surface area contributed by atoms with Gasteiger partial charge in [0.05, 0.1) is 11.6 Å². The van der Waals surface area contributed by atoms with Crippen LogP contribution in [-0.2, 0) is 4.79 Å². The fourth-order valence-electron chi connectivity index (χ4n) is 5.91. The lowest BCUT2D eigenvalue weighted by Crippen LogP contribution is -2.44. The third-order valence-electron chi connectivity index (χ3n) is 8.14. The fourth-order valence-corrected chi connectivity index (χ4v) is 5.91. The number of aromatic nitrogens is 4. The zero-order chi connectivity index (χ0) is 26.1. The predicted molar refractivity (Wildman–Crippen MR) is 148 cm³/mol. The van der Waals surface area contributed by atoms with E-state index in [0.29, 0.717) is 31.9 Å². The Morgan fingerprint density at radius 3 is 2.58 bits per heavy atom. The van der Waals surface area contributed by atoms with Gasteiger partial charge in [-0.2, -0.15) is 4.98 Å². The van der Waals surface area contributed by atoms with Crippen LogP contribution in [0.25, 0.3) is 27.8 Å². The van der Waals surface area contributed by atoms with Crippen molar-refractivity contribution < 1.29 is 9.90 Å². The van der Waals surface area contributed by atoms with E-state index < -0.39 is 0 Å². The Balaban J connectivity index is 1.15. The Labute approximate surface area is 222 Å². The highest BCUT2D eigenvalue weighted by Crippen LogP contribution is 2.32. The van der Waals surface area contributed by atoms with E-state index in [9.17, 15) is 9.90 Å². The number of carbonyl (C=O) groups is 1.